The summed E-state index contributed by atoms with van der Waals surface area (Å²) in [6.45, 7) is 5.20. The molecule has 16 heavy (non-hydrogen) atoms. The molecular weight excluding hydrogens is 202 g/mol. The fraction of sp³-hybridized carbons (Fsp3) is 0.750. The standard InChI is InChI=1S/C12H21N3O/c1-8-4-5-13-11(6-8)12(16)10-7-15(3)14-9(10)2/h7-8,11-13,16H,4-6H2,1-3H3. The summed E-state index contributed by atoms with van der Waals surface area (Å²) >= 11 is 0. The topological polar surface area (TPSA) is 50.1 Å². The van der Waals surface area contributed by atoms with E-state index in [-0.39, 0.29) is 6.04 Å². The van der Waals surface area contributed by atoms with Crippen LogP contribution in [0.1, 0.15) is 37.1 Å². The number of hydrogen-bond acceptors (Lipinski definition) is 3. The lowest BCUT2D eigenvalue weighted by Crippen LogP contribution is -2.41. The van der Waals surface area contributed by atoms with E-state index in [1.54, 1.807) is 4.68 Å². The lowest BCUT2D eigenvalue weighted by Gasteiger charge is -2.31. The van der Waals surface area contributed by atoms with Gasteiger partial charge in [-0.1, -0.05) is 6.92 Å². The van der Waals surface area contributed by atoms with Crippen LogP contribution in [0.15, 0.2) is 6.20 Å². The van der Waals surface area contributed by atoms with Crippen LogP contribution in [0.2, 0.25) is 0 Å². The average molecular weight is 223 g/mol. The number of rotatable bonds is 2. The lowest BCUT2D eigenvalue weighted by atomic mass is 9.89. The van der Waals surface area contributed by atoms with Crippen LogP contribution in [0.3, 0.4) is 0 Å². The third-order valence-electron chi connectivity index (χ3n) is 3.45. The molecule has 0 radical (unpaired) electrons. The average Bonchev–Trinajstić information content (AvgIpc) is 2.57. The number of piperidine rings is 1. The van der Waals surface area contributed by atoms with Crippen LogP contribution in [0.4, 0.5) is 0 Å². The van der Waals surface area contributed by atoms with Crippen LogP contribution in [-0.2, 0) is 7.05 Å². The van der Waals surface area contributed by atoms with Crippen LogP contribution in [0.25, 0.3) is 0 Å². The third kappa shape index (κ3) is 2.28. The molecular formula is C12H21N3O. The first kappa shape index (κ1) is 11.6. The maximum Gasteiger partial charge on any atom is 0.0975 e. The highest BCUT2D eigenvalue weighted by Gasteiger charge is 2.27. The van der Waals surface area contributed by atoms with Gasteiger partial charge < -0.3 is 10.4 Å². The fourth-order valence-corrected chi connectivity index (χ4v) is 2.52. The summed E-state index contributed by atoms with van der Waals surface area (Å²) in [5.41, 5.74) is 1.88. The second-order valence-electron chi connectivity index (χ2n) is 4.98. The zero-order chi connectivity index (χ0) is 11.7. The van der Waals surface area contributed by atoms with Crippen LogP contribution in [-0.4, -0.2) is 27.5 Å². The Kier molecular flexibility index (Phi) is 3.30. The Morgan fingerprint density at radius 2 is 2.38 bits per heavy atom. The summed E-state index contributed by atoms with van der Waals surface area (Å²) < 4.78 is 1.76. The molecule has 0 saturated carbocycles. The zero-order valence-electron chi connectivity index (χ0n) is 10.3. The summed E-state index contributed by atoms with van der Waals surface area (Å²) in [4.78, 5) is 0. The molecule has 4 nitrogen and oxygen atoms in total. The first-order valence-electron chi connectivity index (χ1n) is 5.99. The quantitative estimate of drug-likeness (QED) is 0.791. The number of hydrogen-bond donors (Lipinski definition) is 2. The normalized spacial score (nSPS) is 28.0. The molecule has 0 aliphatic carbocycles. The molecule has 1 aromatic heterocycles. The molecule has 2 rings (SSSR count). The largest absolute Gasteiger partial charge is 0.387 e. The molecule has 4 heteroatoms. The molecule has 1 saturated heterocycles. The van der Waals surface area contributed by atoms with Gasteiger partial charge in [-0.15, -0.1) is 0 Å². The van der Waals surface area contributed by atoms with Gasteiger partial charge in [0.25, 0.3) is 0 Å². The molecule has 0 aromatic carbocycles. The minimum absolute atomic E-state index is 0.173. The van der Waals surface area contributed by atoms with Gasteiger partial charge in [0.2, 0.25) is 0 Å². The van der Waals surface area contributed by atoms with Crippen molar-refractivity contribution in [2.24, 2.45) is 13.0 Å². The zero-order valence-corrected chi connectivity index (χ0v) is 10.3. The molecule has 0 spiro atoms. The van der Waals surface area contributed by atoms with E-state index >= 15 is 0 Å². The minimum Gasteiger partial charge on any atom is -0.387 e. The Hall–Kier alpha value is -0.870. The van der Waals surface area contributed by atoms with E-state index in [4.69, 9.17) is 0 Å². The molecule has 1 aliphatic rings. The number of aromatic nitrogens is 2. The van der Waals surface area contributed by atoms with Gasteiger partial charge in [-0.25, -0.2) is 0 Å². The number of nitrogens with one attached hydrogen (secondary N) is 1. The number of aliphatic hydroxyl groups is 1. The van der Waals surface area contributed by atoms with Gasteiger partial charge in [0.05, 0.1) is 11.8 Å². The van der Waals surface area contributed by atoms with Crippen molar-refractivity contribution >= 4 is 0 Å². The number of aryl methyl sites for hydroxylation is 2. The highest BCUT2D eigenvalue weighted by Crippen LogP contribution is 2.26. The summed E-state index contributed by atoms with van der Waals surface area (Å²) in [6, 6.07) is 0.173. The smallest absolute Gasteiger partial charge is 0.0975 e. The third-order valence-corrected chi connectivity index (χ3v) is 3.45. The van der Waals surface area contributed by atoms with Crippen LogP contribution in [0.5, 0.6) is 0 Å². The van der Waals surface area contributed by atoms with Crippen molar-refractivity contribution in [3.63, 3.8) is 0 Å². The summed E-state index contributed by atoms with van der Waals surface area (Å²) in [5, 5.41) is 18.0. The number of aliphatic hydroxyl groups excluding tert-OH is 1. The van der Waals surface area contributed by atoms with Gasteiger partial charge in [0, 0.05) is 24.8 Å². The lowest BCUT2D eigenvalue weighted by molar-refractivity contribution is 0.101. The molecule has 1 fully saturated rings. The Labute approximate surface area is 96.7 Å². The molecule has 0 amide bonds. The predicted molar refractivity (Wildman–Crippen MR) is 63.1 cm³/mol. The van der Waals surface area contributed by atoms with Crippen molar-refractivity contribution in [3.8, 4) is 0 Å². The van der Waals surface area contributed by atoms with E-state index in [0.29, 0.717) is 5.92 Å². The van der Waals surface area contributed by atoms with Gasteiger partial charge in [-0.3, -0.25) is 4.68 Å². The van der Waals surface area contributed by atoms with Crippen molar-refractivity contribution in [1.29, 1.82) is 0 Å². The van der Waals surface area contributed by atoms with E-state index in [1.165, 1.54) is 6.42 Å². The number of nitrogens with zero attached hydrogens (tertiary/aromatic N) is 2. The maximum absolute atomic E-state index is 10.3. The predicted octanol–water partition coefficient (Wildman–Crippen LogP) is 1.15. The van der Waals surface area contributed by atoms with Crippen molar-refractivity contribution in [3.05, 3.63) is 17.5 Å². The molecule has 2 heterocycles. The molecule has 90 valence electrons. The second kappa shape index (κ2) is 4.55. The van der Waals surface area contributed by atoms with Crippen LogP contribution in [0, 0.1) is 12.8 Å². The second-order valence-corrected chi connectivity index (χ2v) is 4.98. The molecule has 1 aliphatic heterocycles. The highest BCUT2D eigenvalue weighted by atomic mass is 16.3. The van der Waals surface area contributed by atoms with Crippen LogP contribution < -0.4 is 5.32 Å². The van der Waals surface area contributed by atoms with Gasteiger partial charge in [-0.05, 0) is 32.2 Å². The molecule has 2 N–H and O–H groups in total. The Bertz CT molecular complexity index is 361. The van der Waals surface area contributed by atoms with Crippen molar-refractivity contribution in [1.82, 2.24) is 15.1 Å². The fourth-order valence-electron chi connectivity index (χ4n) is 2.52. The highest BCUT2D eigenvalue weighted by molar-refractivity contribution is 5.20. The Morgan fingerprint density at radius 3 is 2.94 bits per heavy atom. The van der Waals surface area contributed by atoms with Crippen LogP contribution >= 0.6 is 0 Å². The first-order valence-corrected chi connectivity index (χ1v) is 5.99. The Balaban J connectivity index is 2.11. The summed E-state index contributed by atoms with van der Waals surface area (Å²) in [6.07, 6.45) is 3.72. The maximum atomic E-state index is 10.3. The van der Waals surface area contributed by atoms with E-state index in [2.05, 4.69) is 17.3 Å². The molecule has 1 aromatic rings. The van der Waals surface area contributed by atoms with E-state index < -0.39 is 6.10 Å². The summed E-state index contributed by atoms with van der Waals surface area (Å²) in [7, 11) is 1.89. The van der Waals surface area contributed by atoms with Crippen molar-refractivity contribution < 1.29 is 5.11 Å². The Morgan fingerprint density at radius 1 is 1.62 bits per heavy atom. The van der Waals surface area contributed by atoms with E-state index in [9.17, 15) is 5.11 Å². The molecule has 3 unspecified atom stereocenters. The van der Waals surface area contributed by atoms with Gasteiger partial charge in [0.1, 0.15) is 0 Å². The molecule has 3 atom stereocenters. The SMILES string of the molecule is Cc1nn(C)cc1C(O)C1CC(C)CCN1. The van der Waals surface area contributed by atoms with E-state index in [1.807, 2.05) is 20.2 Å². The first-order chi connectivity index (χ1) is 7.58. The van der Waals surface area contributed by atoms with Crippen molar-refractivity contribution in [2.75, 3.05) is 6.54 Å². The van der Waals surface area contributed by atoms with Gasteiger partial charge in [0.15, 0.2) is 0 Å². The van der Waals surface area contributed by atoms with Gasteiger partial charge >= 0.3 is 0 Å². The molecule has 0 bridgehead atoms. The van der Waals surface area contributed by atoms with E-state index in [0.717, 1.165) is 24.2 Å². The van der Waals surface area contributed by atoms with Crippen molar-refractivity contribution in [2.45, 2.75) is 38.8 Å². The monoisotopic (exact) mass is 223 g/mol. The van der Waals surface area contributed by atoms with Gasteiger partial charge in [-0.2, -0.15) is 5.10 Å². The summed E-state index contributed by atoms with van der Waals surface area (Å²) in [5.74, 6) is 0.692. The minimum atomic E-state index is -0.434.